The van der Waals surface area contributed by atoms with Gasteiger partial charge >= 0.3 is 0 Å². The minimum absolute atomic E-state index is 0.102. The number of amides is 2. The van der Waals surface area contributed by atoms with Crippen LogP contribution in [0.4, 0.5) is 5.69 Å². The Morgan fingerprint density at radius 1 is 1.11 bits per heavy atom. The van der Waals surface area contributed by atoms with E-state index in [4.69, 9.17) is 9.47 Å². The fraction of sp³-hybridized carbons (Fsp3) is 0.619. The van der Waals surface area contributed by atoms with E-state index in [2.05, 4.69) is 5.32 Å². The smallest absolute Gasteiger partial charge is 0.247 e. The van der Waals surface area contributed by atoms with Gasteiger partial charge in [0.05, 0.1) is 6.61 Å². The molecule has 3 rings (SSSR count). The van der Waals surface area contributed by atoms with Crippen LogP contribution < -0.4 is 10.1 Å². The van der Waals surface area contributed by atoms with Crippen LogP contribution in [-0.2, 0) is 14.3 Å². The average molecular weight is 374 g/mol. The van der Waals surface area contributed by atoms with Crippen molar-refractivity contribution in [2.24, 2.45) is 5.92 Å². The fourth-order valence-electron chi connectivity index (χ4n) is 4.02. The van der Waals surface area contributed by atoms with Crippen molar-refractivity contribution < 1.29 is 19.1 Å². The van der Waals surface area contributed by atoms with Gasteiger partial charge in [0.15, 0.2) is 0 Å². The summed E-state index contributed by atoms with van der Waals surface area (Å²) in [5.41, 5.74) is 0.687. The lowest BCUT2D eigenvalue weighted by molar-refractivity contribution is -0.141. The Morgan fingerprint density at radius 2 is 1.93 bits per heavy atom. The summed E-state index contributed by atoms with van der Waals surface area (Å²) in [6.07, 6.45) is 7.00. The lowest BCUT2D eigenvalue weighted by atomic mass is 9.88. The summed E-state index contributed by atoms with van der Waals surface area (Å²) < 4.78 is 10.6. The highest BCUT2D eigenvalue weighted by Gasteiger charge is 2.37. The predicted molar refractivity (Wildman–Crippen MR) is 104 cm³/mol. The van der Waals surface area contributed by atoms with E-state index in [1.54, 1.807) is 13.2 Å². The molecule has 1 atom stereocenters. The van der Waals surface area contributed by atoms with E-state index in [0.717, 1.165) is 38.5 Å². The summed E-state index contributed by atoms with van der Waals surface area (Å²) in [5, 5.41) is 2.96. The highest BCUT2D eigenvalue weighted by Crippen LogP contribution is 2.29. The number of benzene rings is 1. The second-order valence-corrected chi connectivity index (χ2v) is 7.38. The summed E-state index contributed by atoms with van der Waals surface area (Å²) >= 11 is 0. The maximum atomic E-state index is 12.9. The zero-order valence-electron chi connectivity index (χ0n) is 16.1. The predicted octanol–water partition coefficient (Wildman–Crippen LogP) is 3.22. The Labute approximate surface area is 161 Å². The molecular weight excluding hydrogens is 344 g/mol. The average Bonchev–Trinajstić information content (AvgIpc) is 3.19. The number of likely N-dealkylation sites (tertiary alicyclic amines) is 1. The van der Waals surface area contributed by atoms with Gasteiger partial charge in [0, 0.05) is 31.3 Å². The van der Waals surface area contributed by atoms with Crippen LogP contribution in [0.3, 0.4) is 0 Å². The topological polar surface area (TPSA) is 67.9 Å². The molecule has 1 N–H and O–H groups in total. The van der Waals surface area contributed by atoms with Gasteiger partial charge in [0.2, 0.25) is 11.8 Å². The first kappa shape index (κ1) is 19.7. The number of methoxy groups -OCH3 is 1. The number of rotatable bonds is 7. The molecule has 148 valence electrons. The normalized spacial score (nSPS) is 20.5. The van der Waals surface area contributed by atoms with Crippen LogP contribution in [0.5, 0.6) is 5.75 Å². The Balaban J connectivity index is 1.59. The third-order valence-corrected chi connectivity index (χ3v) is 5.45. The van der Waals surface area contributed by atoms with Gasteiger partial charge in [-0.15, -0.1) is 0 Å². The molecular formula is C21H30N2O4. The first-order valence-electron chi connectivity index (χ1n) is 10.0. The Morgan fingerprint density at radius 3 is 2.70 bits per heavy atom. The highest BCUT2D eigenvalue weighted by atomic mass is 16.5. The maximum absolute atomic E-state index is 12.9. The number of nitrogens with zero attached hydrogens (tertiary/aromatic N) is 1. The lowest BCUT2D eigenvalue weighted by Crippen LogP contribution is -2.46. The van der Waals surface area contributed by atoms with Gasteiger partial charge in [0.1, 0.15) is 18.4 Å². The standard InChI is InChI=1S/C21H30N2O4/c1-26-13-14-27-18-10-5-9-17(15-18)22-20(24)19-11-6-12-23(19)21(25)16-7-3-2-4-8-16/h5,9-10,15-16,19H,2-4,6-8,11-14H2,1H3,(H,22,24). The van der Waals surface area contributed by atoms with Crippen molar-refractivity contribution in [2.45, 2.75) is 51.0 Å². The number of nitrogens with one attached hydrogen (secondary N) is 1. The number of carbonyl (C=O) groups is 2. The Bertz CT molecular complexity index is 643. The molecule has 2 amide bonds. The van der Waals surface area contributed by atoms with Gasteiger partial charge in [-0.1, -0.05) is 25.3 Å². The molecule has 1 aliphatic carbocycles. The van der Waals surface area contributed by atoms with E-state index >= 15 is 0 Å². The molecule has 27 heavy (non-hydrogen) atoms. The number of anilines is 1. The largest absolute Gasteiger partial charge is 0.491 e. The van der Waals surface area contributed by atoms with Crippen molar-refractivity contribution in [1.29, 1.82) is 0 Å². The van der Waals surface area contributed by atoms with Crippen molar-refractivity contribution in [3.8, 4) is 5.75 Å². The molecule has 1 aromatic rings. The van der Waals surface area contributed by atoms with Crippen LogP contribution >= 0.6 is 0 Å². The molecule has 1 saturated carbocycles. The quantitative estimate of drug-likeness (QED) is 0.744. The van der Waals surface area contributed by atoms with Gasteiger partial charge in [-0.2, -0.15) is 0 Å². The van der Waals surface area contributed by atoms with Crippen molar-refractivity contribution in [2.75, 3.05) is 32.2 Å². The molecule has 0 bridgehead atoms. The third-order valence-electron chi connectivity index (χ3n) is 5.45. The Hall–Kier alpha value is -2.08. The molecule has 1 heterocycles. The maximum Gasteiger partial charge on any atom is 0.247 e. The van der Waals surface area contributed by atoms with Crippen molar-refractivity contribution in [3.63, 3.8) is 0 Å². The molecule has 0 radical (unpaired) electrons. The van der Waals surface area contributed by atoms with E-state index in [0.29, 0.717) is 31.2 Å². The summed E-state index contributed by atoms with van der Waals surface area (Å²) in [6.45, 7) is 1.66. The van der Waals surface area contributed by atoms with E-state index < -0.39 is 0 Å². The van der Waals surface area contributed by atoms with Crippen molar-refractivity contribution >= 4 is 17.5 Å². The molecule has 6 heteroatoms. The van der Waals surface area contributed by atoms with E-state index in [-0.39, 0.29) is 23.8 Å². The molecule has 1 saturated heterocycles. The molecule has 0 aromatic heterocycles. The monoisotopic (exact) mass is 374 g/mol. The third kappa shape index (κ3) is 5.22. The van der Waals surface area contributed by atoms with Crippen molar-refractivity contribution in [3.05, 3.63) is 24.3 Å². The Kier molecular flexibility index (Phi) is 7.10. The number of carbonyl (C=O) groups excluding carboxylic acids is 2. The van der Waals surface area contributed by atoms with Crippen LogP contribution in [0, 0.1) is 5.92 Å². The van der Waals surface area contributed by atoms with E-state index in [1.807, 2.05) is 23.1 Å². The zero-order chi connectivity index (χ0) is 19.1. The summed E-state index contributed by atoms with van der Waals surface area (Å²) in [4.78, 5) is 27.5. The lowest BCUT2D eigenvalue weighted by Gasteiger charge is -2.30. The summed E-state index contributed by atoms with van der Waals surface area (Å²) in [6, 6.07) is 6.97. The first-order valence-corrected chi connectivity index (χ1v) is 10.0. The molecule has 1 aromatic carbocycles. The van der Waals surface area contributed by atoms with Gasteiger partial charge in [-0.05, 0) is 37.8 Å². The minimum Gasteiger partial charge on any atom is -0.491 e. The van der Waals surface area contributed by atoms with Crippen LogP contribution in [0.25, 0.3) is 0 Å². The van der Waals surface area contributed by atoms with Gasteiger partial charge in [0.25, 0.3) is 0 Å². The van der Waals surface area contributed by atoms with Gasteiger partial charge < -0.3 is 19.7 Å². The first-order chi connectivity index (χ1) is 13.2. The van der Waals surface area contributed by atoms with Crippen LogP contribution in [0.1, 0.15) is 44.9 Å². The van der Waals surface area contributed by atoms with Crippen LogP contribution in [-0.4, -0.2) is 49.6 Å². The fourth-order valence-corrected chi connectivity index (χ4v) is 4.02. The molecule has 1 unspecified atom stereocenters. The summed E-state index contributed by atoms with van der Waals surface area (Å²) in [7, 11) is 1.63. The van der Waals surface area contributed by atoms with Gasteiger partial charge in [-0.3, -0.25) is 9.59 Å². The van der Waals surface area contributed by atoms with E-state index in [9.17, 15) is 9.59 Å². The number of ether oxygens (including phenoxy) is 2. The molecule has 0 spiro atoms. The van der Waals surface area contributed by atoms with E-state index in [1.165, 1.54) is 6.42 Å². The SMILES string of the molecule is COCCOc1cccc(NC(=O)C2CCCN2C(=O)C2CCCCC2)c1. The summed E-state index contributed by atoms with van der Waals surface area (Å²) in [5.74, 6) is 0.853. The molecule has 2 fully saturated rings. The zero-order valence-corrected chi connectivity index (χ0v) is 16.1. The molecule has 6 nitrogen and oxygen atoms in total. The molecule has 2 aliphatic rings. The van der Waals surface area contributed by atoms with Crippen molar-refractivity contribution in [1.82, 2.24) is 4.90 Å². The number of hydrogen-bond donors (Lipinski definition) is 1. The second-order valence-electron chi connectivity index (χ2n) is 7.38. The highest BCUT2D eigenvalue weighted by molar-refractivity contribution is 5.97. The van der Waals surface area contributed by atoms with Gasteiger partial charge in [-0.25, -0.2) is 0 Å². The van der Waals surface area contributed by atoms with Crippen LogP contribution in [0.2, 0.25) is 0 Å². The molecule has 1 aliphatic heterocycles. The number of hydrogen-bond acceptors (Lipinski definition) is 4. The minimum atomic E-state index is -0.363. The second kappa shape index (κ2) is 9.74. The van der Waals surface area contributed by atoms with Crippen LogP contribution in [0.15, 0.2) is 24.3 Å².